The molecular formula is C38H69O9P. The van der Waals surface area contributed by atoms with Crippen LogP contribution in [0.1, 0.15) is 175 Å². The first-order valence-corrected chi connectivity index (χ1v) is 20.5. The van der Waals surface area contributed by atoms with Crippen LogP contribution in [0.5, 0.6) is 0 Å². The van der Waals surface area contributed by atoms with Crippen molar-refractivity contribution < 1.29 is 42.7 Å². The third kappa shape index (κ3) is 34.1. The first-order valence-electron chi connectivity index (χ1n) is 19.0. The van der Waals surface area contributed by atoms with Crippen LogP contribution in [-0.4, -0.2) is 46.8 Å². The monoisotopic (exact) mass is 700 g/mol. The number of hydrogen-bond donors (Lipinski definition) is 2. The van der Waals surface area contributed by atoms with Gasteiger partial charge in [0.15, 0.2) is 11.9 Å². The minimum atomic E-state index is -4.77. The van der Waals surface area contributed by atoms with Gasteiger partial charge in [0.25, 0.3) is 0 Å². The Morgan fingerprint density at radius 2 is 1.21 bits per heavy atom. The van der Waals surface area contributed by atoms with Crippen molar-refractivity contribution in [3.63, 3.8) is 0 Å². The fourth-order valence-electron chi connectivity index (χ4n) is 5.21. The van der Waals surface area contributed by atoms with Gasteiger partial charge >= 0.3 is 19.8 Å². The van der Waals surface area contributed by atoms with E-state index in [2.05, 4.69) is 31.4 Å². The zero-order valence-electron chi connectivity index (χ0n) is 30.5. The van der Waals surface area contributed by atoms with Crippen molar-refractivity contribution >= 4 is 25.5 Å². The standard InChI is InChI=1S/C38H69O9P/c1-4-6-7-8-13-18-23-28-35(39)29-24-19-16-21-25-30-37(40)45-32-36(33-46-48(42,43)44)47-38(41)31-26-20-15-12-10-9-11-14-17-22-27-34(3)5-2/h13,18,23,28,34,36H,4-12,14-17,19-22,24-27,29-33H2,1-3H3,(H2,42,43,44)/b18-13-,28-23+/t34?,36-/m1/s1. The van der Waals surface area contributed by atoms with E-state index in [4.69, 9.17) is 19.3 Å². The molecular weight excluding hydrogens is 631 g/mol. The summed E-state index contributed by atoms with van der Waals surface area (Å²) in [5.74, 6) is -0.0162. The molecule has 0 radical (unpaired) electrons. The Labute approximate surface area is 292 Å². The second-order valence-corrected chi connectivity index (χ2v) is 14.4. The number of unbranched alkanes of at least 4 members (excludes halogenated alkanes) is 16. The molecule has 0 aliphatic carbocycles. The highest BCUT2D eigenvalue weighted by Crippen LogP contribution is 2.36. The van der Waals surface area contributed by atoms with Crippen LogP contribution in [0.25, 0.3) is 0 Å². The summed E-state index contributed by atoms with van der Waals surface area (Å²) in [6.07, 6.45) is 30.0. The number of ether oxygens (including phenoxy) is 2. The van der Waals surface area contributed by atoms with E-state index in [0.717, 1.165) is 57.3 Å². The lowest BCUT2D eigenvalue weighted by Gasteiger charge is -2.18. The minimum Gasteiger partial charge on any atom is -0.462 e. The molecule has 0 fully saturated rings. The molecule has 2 atom stereocenters. The Balaban J connectivity index is 4.06. The van der Waals surface area contributed by atoms with Crippen LogP contribution < -0.4 is 0 Å². The van der Waals surface area contributed by atoms with E-state index in [0.29, 0.717) is 19.3 Å². The van der Waals surface area contributed by atoms with Crippen molar-refractivity contribution in [2.45, 2.75) is 181 Å². The summed E-state index contributed by atoms with van der Waals surface area (Å²) < 4.78 is 26.2. The molecule has 48 heavy (non-hydrogen) atoms. The van der Waals surface area contributed by atoms with Crippen molar-refractivity contribution in [2.24, 2.45) is 5.92 Å². The molecule has 0 aromatic heterocycles. The molecule has 0 bridgehead atoms. The van der Waals surface area contributed by atoms with Crippen molar-refractivity contribution in [3.8, 4) is 0 Å². The molecule has 0 amide bonds. The van der Waals surface area contributed by atoms with Gasteiger partial charge in [-0.05, 0) is 44.1 Å². The number of phosphoric acid groups is 1. The van der Waals surface area contributed by atoms with Gasteiger partial charge in [-0.25, -0.2) is 4.57 Å². The Bertz CT molecular complexity index is 912. The third-order valence-corrected chi connectivity index (χ3v) is 8.97. The second-order valence-electron chi connectivity index (χ2n) is 13.2. The molecule has 0 rings (SSSR count). The average Bonchev–Trinajstić information content (AvgIpc) is 3.04. The average molecular weight is 701 g/mol. The molecule has 0 aliphatic rings. The molecule has 1 unspecified atom stereocenters. The van der Waals surface area contributed by atoms with E-state index in [1.165, 1.54) is 70.6 Å². The number of rotatable bonds is 34. The Kier molecular flexibility index (Phi) is 31.2. The normalized spacial score (nSPS) is 13.3. The number of carbonyl (C=O) groups is 3. The van der Waals surface area contributed by atoms with E-state index < -0.39 is 32.5 Å². The number of phosphoric ester groups is 1. The molecule has 0 saturated carbocycles. The zero-order valence-corrected chi connectivity index (χ0v) is 31.4. The molecule has 280 valence electrons. The van der Waals surface area contributed by atoms with Crippen LogP contribution in [0.2, 0.25) is 0 Å². The van der Waals surface area contributed by atoms with Gasteiger partial charge in [-0.3, -0.25) is 18.9 Å². The molecule has 0 heterocycles. The maximum atomic E-state index is 12.4. The summed E-state index contributed by atoms with van der Waals surface area (Å²) in [6, 6.07) is 0. The van der Waals surface area contributed by atoms with E-state index in [1.54, 1.807) is 6.08 Å². The van der Waals surface area contributed by atoms with Gasteiger partial charge in [0.2, 0.25) is 0 Å². The smallest absolute Gasteiger partial charge is 0.462 e. The fourth-order valence-corrected chi connectivity index (χ4v) is 5.57. The highest BCUT2D eigenvalue weighted by molar-refractivity contribution is 7.46. The lowest BCUT2D eigenvalue weighted by molar-refractivity contribution is -0.161. The van der Waals surface area contributed by atoms with Crippen molar-refractivity contribution in [3.05, 3.63) is 24.3 Å². The molecule has 0 aromatic carbocycles. The van der Waals surface area contributed by atoms with E-state index in [9.17, 15) is 18.9 Å². The molecule has 9 nitrogen and oxygen atoms in total. The summed E-state index contributed by atoms with van der Waals surface area (Å²) in [5, 5.41) is 0. The fraction of sp³-hybridized carbons (Fsp3) is 0.816. The van der Waals surface area contributed by atoms with Crippen molar-refractivity contribution in [2.75, 3.05) is 13.2 Å². The lowest BCUT2D eigenvalue weighted by atomic mass is 9.99. The topological polar surface area (TPSA) is 136 Å². The lowest BCUT2D eigenvalue weighted by Crippen LogP contribution is -2.29. The summed E-state index contributed by atoms with van der Waals surface area (Å²) in [4.78, 5) is 54.6. The number of carbonyl (C=O) groups excluding carboxylic acids is 3. The molecule has 10 heteroatoms. The van der Waals surface area contributed by atoms with Crippen molar-refractivity contribution in [1.82, 2.24) is 0 Å². The first-order chi connectivity index (χ1) is 23.1. The SMILES string of the molecule is CCCCC/C=C\C=C\C(=O)CCCCCCCC(=O)OC[C@H](COP(=O)(O)O)OC(=O)CCCCCCCCCCCCC(C)CC. The summed E-state index contributed by atoms with van der Waals surface area (Å²) >= 11 is 0. The predicted molar refractivity (Wildman–Crippen MR) is 193 cm³/mol. The number of hydrogen-bond acceptors (Lipinski definition) is 7. The maximum Gasteiger partial charge on any atom is 0.469 e. The van der Waals surface area contributed by atoms with Crippen LogP contribution in [0, 0.1) is 5.92 Å². The zero-order chi connectivity index (χ0) is 35.7. The summed E-state index contributed by atoms with van der Waals surface area (Å²) in [6.45, 7) is 5.86. The molecule has 0 spiro atoms. The van der Waals surface area contributed by atoms with Gasteiger partial charge in [0.05, 0.1) is 6.61 Å². The van der Waals surface area contributed by atoms with E-state index >= 15 is 0 Å². The predicted octanol–water partition coefficient (Wildman–Crippen LogP) is 10.3. The largest absolute Gasteiger partial charge is 0.469 e. The highest BCUT2D eigenvalue weighted by atomic mass is 31.2. The van der Waals surface area contributed by atoms with E-state index in [1.807, 2.05) is 12.2 Å². The summed E-state index contributed by atoms with van der Waals surface area (Å²) in [7, 11) is -4.77. The Morgan fingerprint density at radius 3 is 1.77 bits per heavy atom. The minimum absolute atomic E-state index is 0.119. The quantitative estimate of drug-likeness (QED) is 0.0221. The van der Waals surface area contributed by atoms with Gasteiger partial charge in [-0.15, -0.1) is 0 Å². The van der Waals surface area contributed by atoms with Crippen LogP contribution >= 0.6 is 7.82 Å². The molecule has 2 N–H and O–H groups in total. The third-order valence-electron chi connectivity index (χ3n) is 8.49. The van der Waals surface area contributed by atoms with Gasteiger partial charge in [0, 0.05) is 19.3 Å². The van der Waals surface area contributed by atoms with Gasteiger partial charge in [0.1, 0.15) is 6.61 Å². The Morgan fingerprint density at radius 1 is 0.667 bits per heavy atom. The van der Waals surface area contributed by atoms with Gasteiger partial charge in [-0.1, -0.05) is 142 Å². The van der Waals surface area contributed by atoms with Crippen molar-refractivity contribution in [1.29, 1.82) is 0 Å². The number of esters is 2. The maximum absolute atomic E-state index is 12.4. The Hall–Kier alpha value is -1.80. The van der Waals surface area contributed by atoms with Crippen LogP contribution in [0.3, 0.4) is 0 Å². The number of allylic oxidation sites excluding steroid dienone is 4. The van der Waals surface area contributed by atoms with Gasteiger partial charge < -0.3 is 19.3 Å². The summed E-state index contributed by atoms with van der Waals surface area (Å²) in [5.41, 5.74) is 0. The molecule has 0 aliphatic heterocycles. The van der Waals surface area contributed by atoms with Crippen LogP contribution in [0.15, 0.2) is 24.3 Å². The highest BCUT2D eigenvalue weighted by Gasteiger charge is 2.22. The molecule has 0 saturated heterocycles. The first kappa shape index (κ1) is 46.2. The van der Waals surface area contributed by atoms with E-state index in [-0.39, 0.29) is 25.2 Å². The molecule has 0 aromatic rings. The second kappa shape index (κ2) is 32.4. The van der Waals surface area contributed by atoms with Crippen LogP contribution in [-0.2, 0) is 32.9 Å². The van der Waals surface area contributed by atoms with Crippen LogP contribution in [0.4, 0.5) is 0 Å². The number of ketones is 1. The van der Waals surface area contributed by atoms with Gasteiger partial charge in [-0.2, -0.15) is 0 Å².